The Bertz CT molecular complexity index is 427. The SMILES string of the molecule is CC(CC1OCCc2ccccc21)C(C)NC1CC1. The van der Waals surface area contributed by atoms with Gasteiger partial charge in [0.05, 0.1) is 12.7 Å². The average molecular weight is 259 g/mol. The van der Waals surface area contributed by atoms with E-state index in [-0.39, 0.29) is 0 Å². The fourth-order valence-corrected chi connectivity index (χ4v) is 3.00. The number of rotatable bonds is 5. The van der Waals surface area contributed by atoms with Gasteiger partial charge in [-0.15, -0.1) is 0 Å². The number of hydrogen-bond acceptors (Lipinski definition) is 2. The van der Waals surface area contributed by atoms with Crippen LogP contribution in [0.4, 0.5) is 0 Å². The zero-order valence-electron chi connectivity index (χ0n) is 12.1. The van der Waals surface area contributed by atoms with Crippen molar-refractivity contribution in [1.29, 1.82) is 0 Å². The molecule has 104 valence electrons. The molecule has 2 nitrogen and oxygen atoms in total. The lowest BCUT2D eigenvalue weighted by atomic mass is 9.89. The van der Waals surface area contributed by atoms with Crippen molar-refractivity contribution in [2.75, 3.05) is 6.61 Å². The third kappa shape index (κ3) is 3.18. The van der Waals surface area contributed by atoms with E-state index in [0.717, 1.165) is 25.5 Å². The molecule has 3 unspecified atom stereocenters. The highest BCUT2D eigenvalue weighted by molar-refractivity contribution is 5.30. The van der Waals surface area contributed by atoms with E-state index in [1.165, 1.54) is 24.0 Å². The van der Waals surface area contributed by atoms with Gasteiger partial charge in [0.15, 0.2) is 0 Å². The van der Waals surface area contributed by atoms with E-state index in [1.54, 1.807) is 0 Å². The first kappa shape index (κ1) is 13.1. The molecule has 1 fully saturated rings. The van der Waals surface area contributed by atoms with Gasteiger partial charge in [0.25, 0.3) is 0 Å². The normalized spacial score (nSPS) is 25.7. The maximum absolute atomic E-state index is 6.02. The summed E-state index contributed by atoms with van der Waals surface area (Å²) in [7, 11) is 0. The van der Waals surface area contributed by atoms with Gasteiger partial charge in [0.2, 0.25) is 0 Å². The molecule has 1 saturated carbocycles. The third-order valence-electron chi connectivity index (χ3n) is 4.61. The molecule has 2 aliphatic rings. The van der Waals surface area contributed by atoms with Gasteiger partial charge in [-0.1, -0.05) is 31.2 Å². The Kier molecular flexibility index (Phi) is 3.90. The van der Waals surface area contributed by atoms with Gasteiger partial charge in [0.1, 0.15) is 0 Å². The molecular formula is C17H25NO. The first-order chi connectivity index (χ1) is 9.24. The highest BCUT2D eigenvalue weighted by Crippen LogP contribution is 2.33. The van der Waals surface area contributed by atoms with Crippen molar-refractivity contribution in [1.82, 2.24) is 5.32 Å². The fourth-order valence-electron chi connectivity index (χ4n) is 3.00. The van der Waals surface area contributed by atoms with Crippen LogP contribution >= 0.6 is 0 Å². The van der Waals surface area contributed by atoms with Gasteiger partial charge >= 0.3 is 0 Å². The summed E-state index contributed by atoms with van der Waals surface area (Å²) in [6.45, 7) is 5.54. The number of nitrogens with one attached hydrogen (secondary N) is 1. The zero-order chi connectivity index (χ0) is 13.2. The smallest absolute Gasteiger partial charge is 0.0830 e. The van der Waals surface area contributed by atoms with E-state index in [4.69, 9.17) is 4.74 Å². The second-order valence-corrected chi connectivity index (χ2v) is 6.25. The van der Waals surface area contributed by atoms with E-state index in [1.807, 2.05) is 0 Å². The summed E-state index contributed by atoms with van der Waals surface area (Å²) in [5.41, 5.74) is 2.90. The second kappa shape index (κ2) is 5.64. The van der Waals surface area contributed by atoms with Crippen molar-refractivity contribution in [3.05, 3.63) is 35.4 Å². The third-order valence-corrected chi connectivity index (χ3v) is 4.61. The molecule has 0 aromatic heterocycles. The fraction of sp³-hybridized carbons (Fsp3) is 0.647. The lowest BCUT2D eigenvalue weighted by molar-refractivity contribution is 0.0236. The van der Waals surface area contributed by atoms with Crippen molar-refractivity contribution < 1.29 is 4.74 Å². The van der Waals surface area contributed by atoms with Crippen LogP contribution in [0.2, 0.25) is 0 Å². The van der Waals surface area contributed by atoms with Crippen molar-refractivity contribution in [3.63, 3.8) is 0 Å². The quantitative estimate of drug-likeness (QED) is 0.874. The van der Waals surface area contributed by atoms with Crippen LogP contribution in [0.5, 0.6) is 0 Å². The minimum Gasteiger partial charge on any atom is -0.373 e. The predicted molar refractivity (Wildman–Crippen MR) is 78.2 cm³/mol. The van der Waals surface area contributed by atoms with Crippen molar-refractivity contribution >= 4 is 0 Å². The van der Waals surface area contributed by atoms with Crippen LogP contribution in [0.15, 0.2) is 24.3 Å². The van der Waals surface area contributed by atoms with Crippen LogP contribution in [0, 0.1) is 5.92 Å². The summed E-state index contributed by atoms with van der Waals surface area (Å²) in [6, 6.07) is 10.1. The van der Waals surface area contributed by atoms with Crippen LogP contribution in [-0.4, -0.2) is 18.7 Å². The number of hydrogen-bond donors (Lipinski definition) is 1. The lowest BCUT2D eigenvalue weighted by Crippen LogP contribution is -2.35. The van der Waals surface area contributed by atoms with Gasteiger partial charge in [0, 0.05) is 12.1 Å². The molecule has 3 rings (SSSR count). The molecule has 3 atom stereocenters. The molecule has 0 spiro atoms. The minimum atomic E-state index is 0.295. The summed E-state index contributed by atoms with van der Waals surface area (Å²) in [5.74, 6) is 0.650. The highest BCUT2D eigenvalue weighted by atomic mass is 16.5. The maximum Gasteiger partial charge on any atom is 0.0830 e. The monoisotopic (exact) mass is 259 g/mol. The number of benzene rings is 1. The number of ether oxygens (including phenoxy) is 1. The largest absolute Gasteiger partial charge is 0.373 e. The lowest BCUT2D eigenvalue weighted by Gasteiger charge is -2.30. The summed E-state index contributed by atoms with van der Waals surface area (Å²) in [6.07, 6.45) is 5.21. The standard InChI is InChI=1S/C17H25NO/c1-12(13(2)18-15-7-8-15)11-17-16-6-4-3-5-14(16)9-10-19-17/h3-6,12-13,15,17-18H,7-11H2,1-2H3. The minimum absolute atomic E-state index is 0.295. The van der Waals surface area contributed by atoms with Gasteiger partial charge in [-0.3, -0.25) is 0 Å². The van der Waals surface area contributed by atoms with Gasteiger partial charge in [-0.05, 0) is 49.7 Å². The van der Waals surface area contributed by atoms with Gasteiger partial charge in [-0.25, -0.2) is 0 Å². The van der Waals surface area contributed by atoms with E-state index in [0.29, 0.717) is 18.1 Å². The topological polar surface area (TPSA) is 21.3 Å². The Morgan fingerprint density at radius 3 is 2.84 bits per heavy atom. The molecule has 0 radical (unpaired) electrons. The average Bonchev–Trinajstić information content (AvgIpc) is 3.23. The van der Waals surface area contributed by atoms with Crippen LogP contribution < -0.4 is 5.32 Å². The summed E-state index contributed by atoms with van der Waals surface area (Å²) in [4.78, 5) is 0. The maximum atomic E-state index is 6.02. The summed E-state index contributed by atoms with van der Waals surface area (Å²) < 4.78 is 6.02. The molecule has 2 heteroatoms. The molecule has 1 aliphatic heterocycles. The van der Waals surface area contributed by atoms with E-state index in [9.17, 15) is 0 Å². The molecule has 1 N–H and O–H groups in total. The molecule has 0 saturated heterocycles. The molecule has 1 aliphatic carbocycles. The Morgan fingerprint density at radius 2 is 2.05 bits per heavy atom. The van der Waals surface area contributed by atoms with Crippen LogP contribution in [0.25, 0.3) is 0 Å². The van der Waals surface area contributed by atoms with E-state index >= 15 is 0 Å². The van der Waals surface area contributed by atoms with Crippen molar-refractivity contribution in [3.8, 4) is 0 Å². The van der Waals surface area contributed by atoms with Crippen LogP contribution in [0.1, 0.15) is 50.3 Å². The predicted octanol–water partition coefficient (Wildman–Crippen LogP) is 3.47. The van der Waals surface area contributed by atoms with Crippen LogP contribution in [0.3, 0.4) is 0 Å². The number of fused-ring (bicyclic) bond motifs is 1. The summed E-state index contributed by atoms with van der Waals surface area (Å²) >= 11 is 0. The Balaban J connectivity index is 1.63. The highest BCUT2D eigenvalue weighted by Gasteiger charge is 2.28. The zero-order valence-corrected chi connectivity index (χ0v) is 12.1. The van der Waals surface area contributed by atoms with Crippen molar-refractivity contribution in [2.45, 2.75) is 57.7 Å². The first-order valence-electron chi connectivity index (χ1n) is 7.69. The van der Waals surface area contributed by atoms with Gasteiger partial charge in [-0.2, -0.15) is 0 Å². The molecular weight excluding hydrogens is 234 g/mol. The molecule has 0 bridgehead atoms. The molecule has 19 heavy (non-hydrogen) atoms. The Morgan fingerprint density at radius 1 is 1.26 bits per heavy atom. The van der Waals surface area contributed by atoms with Gasteiger partial charge < -0.3 is 10.1 Å². The Labute approximate surface area is 116 Å². The molecule has 1 aromatic rings. The Hall–Kier alpha value is -0.860. The first-order valence-corrected chi connectivity index (χ1v) is 7.69. The molecule has 0 amide bonds. The second-order valence-electron chi connectivity index (χ2n) is 6.25. The van der Waals surface area contributed by atoms with E-state index in [2.05, 4.69) is 43.4 Å². The van der Waals surface area contributed by atoms with E-state index < -0.39 is 0 Å². The molecule has 1 aromatic carbocycles. The summed E-state index contributed by atoms with van der Waals surface area (Å²) in [5, 5.41) is 3.71. The van der Waals surface area contributed by atoms with Crippen molar-refractivity contribution in [2.24, 2.45) is 5.92 Å². The van der Waals surface area contributed by atoms with Crippen LogP contribution in [-0.2, 0) is 11.2 Å². The molecule has 1 heterocycles.